The molecule has 2 amide bonds. The molecule has 3 rings (SSSR count). The number of halogens is 1. The maximum Gasteiger partial charge on any atom is 0.321 e. The summed E-state index contributed by atoms with van der Waals surface area (Å²) < 4.78 is 15.5. The van der Waals surface area contributed by atoms with E-state index >= 15 is 0 Å². The first-order chi connectivity index (χ1) is 10.6. The van der Waals surface area contributed by atoms with Crippen LogP contribution in [0, 0.1) is 5.82 Å². The number of rotatable bonds is 4. The number of nitrogens with zero attached hydrogens (tertiary/aromatic N) is 3. The Balaban J connectivity index is 1.61. The minimum Gasteiger partial charge on any atom is -0.337 e. The molecule has 8 heteroatoms. The summed E-state index contributed by atoms with van der Waals surface area (Å²) >= 11 is 1.35. The molecule has 3 aromatic rings. The molecule has 0 fully saturated rings. The van der Waals surface area contributed by atoms with Crippen LogP contribution in [0.5, 0.6) is 0 Å². The van der Waals surface area contributed by atoms with Crippen molar-refractivity contribution in [1.29, 1.82) is 0 Å². The van der Waals surface area contributed by atoms with Crippen molar-refractivity contribution in [3.8, 4) is 0 Å². The third-order valence-electron chi connectivity index (χ3n) is 3.24. The zero-order chi connectivity index (χ0) is 15.5. The number of aromatic nitrogens is 3. The predicted octanol–water partition coefficient (Wildman–Crippen LogP) is 2.53. The van der Waals surface area contributed by atoms with Crippen molar-refractivity contribution in [1.82, 2.24) is 19.9 Å². The fourth-order valence-corrected chi connectivity index (χ4v) is 2.69. The van der Waals surface area contributed by atoms with Gasteiger partial charge in [0.05, 0.1) is 5.52 Å². The van der Waals surface area contributed by atoms with Gasteiger partial charge in [-0.25, -0.2) is 19.2 Å². The highest BCUT2D eigenvalue weighted by atomic mass is 32.1. The molecular weight excluding hydrogens is 305 g/mol. The van der Waals surface area contributed by atoms with Crippen LogP contribution in [0.15, 0.2) is 29.8 Å². The lowest BCUT2D eigenvalue weighted by Crippen LogP contribution is -2.30. The van der Waals surface area contributed by atoms with E-state index in [2.05, 4.69) is 20.6 Å². The Morgan fingerprint density at radius 2 is 2.32 bits per heavy atom. The predicted molar refractivity (Wildman–Crippen MR) is 83.5 cm³/mol. The fourth-order valence-electron chi connectivity index (χ4n) is 2.17. The van der Waals surface area contributed by atoms with Gasteiger partial charge in [0.1, 0.15) is 11.3 Å². The summed E-state index contributed by atoms with van der Waals surface area (Å²) in [6.07, 6.45) is 2.13. The van der Waals surface area contributed by atoms with Crippen molar-refractivity contribution in [3.63, 3.8) is 0 Å². The highest BCUT2D eigenvalue weighted by Crippen LogP contribution is 2.18. The Labute approximate surface area is 130 Å². The third kappa shape index (κ3) is 2.91. The van der Waals surface area contributed by atoms with Crippen molar-refractivity contribution in [2.75, 3.05) is 11.9 Å². The summed E-state index contributed by atoms with van der Waals surface area (Å²) in [5, 5.41) is 7.68. The number of nitrogens with one attached hydrogen (secondary N) is 2. The number of urea groups is 1. The number of hydrogen-bond acceptors (Lipinski definition) is 4. The average Bonchev–Trinajstić information content (AvgIpc) is 3.10. The maximum absolute atomic E-state index is 13.7. The summed E-state index contributed by atoms with van der Waals surface area (Å²) in [4.78, 5) is 19.9. The molecule has 0 radical (unpaired) electrons. The number of aryl methyl sites for hydroxylation is 1. The van der Waals surface area contributed by atoms with Crippen LogP contribution in [-0.4, -0.2) is 27.1 Å². The molecule has 0 saturated heterocycles. The summed E-state index contributed by atoms with van der Waals surface area (Å²) in [6.45, 7) is 0.399. The van der Waals surface area contributed by atoms with E-state index in [9.17, 15) is 9.18 Å². The van der Waals surface area contributed by atoms with Crippen LogP contribution in [0.25, 0.3) is 11.0 Å². The van der Waals surface area contributed by atoms with Gasteiger partial charge in [-0.15, -0.1) is 11.3 Å². The maximum atomic E-state index is 13.7. The van der Waals surface area contributed by atoms with Crippen molar-refractivity contribution in [3.05, 3.63) is 41.4 Å². The van der Waals surface area contributed by atoms with Gasteiger partial charge in [0.25, 0.3) is 0 Å². The van der Waals surface area contributed by atoms with E-state index < -0.39 is 0 Å². The molecule has 2 aromatic heterocycles. The molecule has 0 spiro atoms. The number of para-hydroxylation sites is 1. The smallest absolute Gasteiger partial charge is 0.321 e. The first-order valence-corrected chi connectivity index (χ1v) is 7.57. The largest absolute Gasteiger partial charge is 0.337 e. The zero-order valence-electron chi connectivity index (χ0n) is 11.8. The Morgan fingerprint density at radius 1 is 1.45 bits per heavy atom. The van der Waals surface area contributed by atoms with E-state index in [-0.39, 0.29) is 11.8 Å². The van der Waals surface area contributed by atoms with E-state index in [1.165, 1.54) is 17.4 Å². The highest BCUT2D eigenvalue weighted by molar-refractivity contribution is 7.13. The summed E-state index contributed by atoms with van der Waals surface area (Å²) in [5.74, 6) is 0.378. The van der Waals surface area contributed by atoms with E-state index in [1.54, 1.807) is 17.6 Å². The first kappa shape index (κ1) is 14.5. The second-order valence-corrected chi connectivity index (χ2v) is 5.56. The summed E-state index contributed by atoms with van der Waals surface area (Å²) in [6, 6.07) is 4.54. The van der Waals surface area contributed by atoms with Crippen molar-refractivity contribution in [2.45, 2.75) is 6.42 Å². The van der Waals surface area contributed by atoms with Crippen molar-refractivity contribution >= 4 is 33.5 Å². The summed E-state index contributed by atoms with van der Waals surface area (Å²) in [5.41, 5.74) is 1.09. The average molecular weight is 319 g/mol. The molecular formula is C14H14FN5OS. The number of hydrogen-bond donors (Lipinski definition) is 2. The van der Waals surface area contributed by atoms with Crippen LogP contribution in [-0.2, 0) is 13.5 Å². The molecule has 0 aliphatic carbocycles. The monoisotopic (exact) mass is 319 g/mol. The lowest BCUT2D eigenvalue weighted by molar-refractivity contribution is 0.252. The molecule has 0 aliphatic rings. The van der Waals surface area contributed by atoms with Gasteiger partial charge in [-0.1, -0.05) is 6.07 Å². The van der Waals surface area contributed by atoms with Crippen LogP contribution in [0.1, 0.15) is 5.82 Å². The number of imidazole rings is 1. The van der Waals surface area contributed by atoms with E-state index in [4.69, 9.17) is 0 Å². The number of benzene rings is 1. The quantitative estimate of drug-likeness (QED) is 0.776. The number of thiazole rings is 1. The standard InChI is InChI=1S/C14H14FN5OS/c1-20-10-4-2-3-9(15)12(10)18-11(20)5-6-16-13(21)19-14-17-7-8-22-14/h2-4,7-8H,5-6H2,1H3,(H2,16,17,19,21). The van der Waals surface area contributed by atoms with Gasteiger partial charge in [-0.3, -0.25) is 5.32 Å². The summed E-state index contributed by atoms with van der Waals surface area (Å²) in [7, 11) is 1.83. The molecule has 0 unspecified atom stereocenters. The molecule has 0 atom stereocenters. The SMILES string of the molecule is Cn1c(CCNC(=O)Nc2nccs2)nc2c(F)cccc21. The zero-order valence-corrected chi connectivity index (χ0v) is 12.7. The molecule has 6 nitrogen and oxygen atoms in total. The van der Waals surface area contributed by atoms with Crippen molar-refractivity contribution < 1.29 is 9.18 Å². The first-order valence-electron chi connectivity index (χ1n) is 6.69. The van der Waals surface area contributed by atoms with E-state index in [0.717, 1.165) is 11.3 Å². The van der Waals surface area contributed by atoms with Gasteiger partial charge in [-0.2, -0.15) is 0 Å². The minimum atomic E-state index is -0.339. The van der Waals surface area contributed by atoms with Crippen molar-refractivity contribution in [2.24, 2.45) is 7.05 Å². The molecule has 2 heterocycles. The van der Waals surface area contributed by atoms with Crippen LogP contribution in [0.4, 0.5) is 14.3 Å². The van der Waals surface area contributed by atoms with Gasteiger partial charge in [0.2, 0.25) is 0 Å². The Hall–Kier alpha value is -2.48. The van der Waals surface area contributed by atoms with Gasteiger partial charge >= 0.3 is 6.03 Å². The van der Waals surface area contributed by atoms with Gasteiger partial charge in [-0.05, 0) is 12.1 Å². The van der Waals surface area contributed by atoms with Gasteiger partial charge < -0.3 is 9.88 Å². The minimum absolute atomic E-state index is 0.320. The molecule has 0 saturated carbocycles. The van der Waals surface area contributed by atoms with Crippen LogP contribution < -0.4 is 10.6 Å². The van der Waals surface area contributed by atoms with E-state index in [1.807, 2.05) is 17.7 Å². The van der Waals surface area contributed by atoms with Gasteiger partial charge in [0, 0.05) is 31.6 Å². The van der Waals surface area contributed by atoms with E-state index in [0.29, 0.717) is 23.6 Å². The number of amides is 2. The molecule has 0 aliphatic heterocycles. The van der Waals surface area contributed by atoms with Crippen LogP contribution in [0.2, 0.25) is 0 Å². The molecule has 2 N–H and O–H groups in total. The lowest BCUT2D eigenvalue weighted by atomic mass is 10.3. The number of fused-ring (bicyclic) bond motifs is 1. The number of carbonyl (C=O) groups excluding carboxylic acids is 1. The Kier molecular flexibility index (Phi) is 4.01. The second kappa shape index (κ2) is 6.10. The van der Waals surface area contributed by atoms with Gasteiger partial charge in [0.15, 0.2) is 10.9 Å². The normalized spacial score (nSPS) is 10.8. The topological polar surface area (TPSA) is 71.8 Å². The third-order valence-corrected chi connectivity index (χ3v) is 3.93. The number of anilines is 1. The lowest BCUT2D eigenvalue weighted by Gasteiger charge is -2.05. The second-order valence-electron chi connectivity index (χ2n) is 4.66. The molecule has 22 heavy (non-hydrogen) atoms. The van der Waals surface area contributed by atoms with Crippen LogP contribution >= 0.6 is 11.3 Å². The molecule has 114 valence electrons. The number of carbonyl (C=O) groups is 1. The molecule has 0 bridgehead atoms. The Bertz CT molecular complexity index is 799. The molecule has 1 aromatic carbocycles. The van der Waals surface area contributed by atoms with Crippen LogP contribution in [0.3, 0.4) is 0 Å². The fraction of sp³-hybridized carbons (Fsp3) is 0.214. The highest BCUT2D eigenvalue weighted by Gasteiger charge is 2.11. The Morgan fingerprint density at radius 3 is 3.05 bits per heavy atom.